The van der Waals surface area contributed by atoms with Crippen molar-refractivity contribution in [3.05, 3.63) is 64.1 Å². The van der Waals surface area contributed by atoms with Gasteiger partial charge in [-0.05, 0) is 42.0 Å². The highest BCUT2D eigenvalue weighted by Gasteiger charge is 2.28. The van der Waals surface area contributed by atoms with Gasteiger partial charge in [-0.25, -0.2) is 0 Å². The maximum atomic E-state index is 5.97. The molecule has 1 aliphatic rings. The van der Waals surface area contributed by atoms with Crippen molar-refractivity contribution in [2.75, 3.05) is 11.6 Å². The van der Waals surface area contributed by atoms with E-state index in [-0.39, 0.29) is 6.04 Å². The molecule has 5 heteroatoms. The van der Waals surface area contributed by atoms with Gasteiger partial charge in [-0.1, -0.05) is 35.3 Å². The molecule has 0 amide bonds. The number of nitrogens with two attached hydrogens (primary N) is 1. The number of rotatable bonds is 3. The van der Waals surface area contributed by atoms with Gasteiger partial charge < -0.3 is 5.73 Å². The lowest BCUT2D eigenvalue weighted by atomic mass is 10.0. The second-order valence-corrected chi connectivity index (χ2v) is 5.84. The molecule has 3 rings (SSSR count). The molecule has 0 aliphatic carbocycles. The molecule has 1 aliphatic heterocycles. The van der Waals surface area contributed by atoms with Crippen LogP contribution in [0.2, 0.25) is 10.0 Å². The summed E-state index contributed by atoms with van der Waals surface area (Å²) in [6.07, 6.45) is 0.820. The van der Waals surface area contributed by atoms with Gasteiger partial charge in [0.25, 0.3) is 0 Å². The van der Waals surface area contributed by atoms with Crippen LogP contribution in [0.15, 0.2) is 53.6 Å². The third-order valence-electron chi connectivity index (χ3n) is 3.55. The van der Waals surface area contributed by atoms with Crippen molar-refractivity contribution in [1.82, 2.24) is 0 Å². The number of halogens is 2. The van der Waals surface area contributed by atoms with Crippen LogP contribution in [0.3, 0.4) is 0 Å². The predicted octanol–water partition coefficient (Wildman–Crippen LogP) is 4.26. The second-order valence-electron chi connectivity index (χ2n) is 4.96. The summed E-state index contributed by atoms with van der Waals surface area (Å²) in [5.41, 5.74) is 8.92. The zero-order valence-corrected chi connectivity index (χ0v) is 12.8. The lowest BCUT2D eigenvalue weighted by molar-refractivity contribution is 0.708. The summed E-state index contributed by atoms with van der Waals surface area (Å²) in [7, 11) is 0. The SMILES string of the molecule is NCC1=NN(c2ccc(Cl)cc2)C(c2ccc(Cl)cc2)C1. The first-order valence-corrected chi connectivity index (χ1v) is 7.49. The molecule has 1 atom stereocenters. The summed E-state index contributed by atoms with van der Waals surface area (Å²) in [5, 5.41) is 8.08. The highest BCUT2D eigenvalue weighted by molar-refractivity contribution is 6.30. The molecular weight excluding hydrogens is 305 g/mol. The molecule has 1 unspecified atom stereocenters. The average Bonchev–Trinajstić information content (AvgIpc) is 2.93. The van der Waals surface area contributed by atoms with Gasteiger partial charge in [-0.3, -0.25) is 5.01 Å². The van der Waals surface area contributed by atoms with Crippen molar-refractivity contribution in [3.8, 4) is 0 Å². The predicted molar refractivity (Wildman–Crippen MR) is 89.2 cm³/mol. The topological polar surface area (TPSA) is 41.6 Å². The quantitative estimate of drug-likeness (QED) is 0.918. The van der Waals surface area contributed by atoms with Crippen molar-refractivity contribution in [1.29, 1.82) is 0 Å². The van der Waals surface area contributed by atoms with Gasteiger partial charge in [0, 0.05) is 23.0 Å². The molecule has 3 nitrogen and oxygen atoms in total. The molecule has 1 heterocycles. The maximum Gasteiger partial charge on any atom is 0.0828 e. The van der Waals surface area contributed by atoms with Crippen molar-refractivity contribution in [2.24, 2.45) is 10.8 Å². The van der Waals surface area contributed by atoms with Gasteiger partial charge in [0.1, 0.15) is 0 Å². The zero-order chi connectivity index (χ0) is 14.8. The number of hydrazone groups is 1. The highest BCUT2D eigenvalue weighted by atomic mass is 35.5. The number of hydrogen-bond acceptors (Lipinski definition) is 3. The van der Waals surface area contributed by atoms with E-state index in [0.29, 0.717) is 11.6 Å². The second kappa shape index (κ2) is 6.06. The molecule has 0 saturated heterocycles. The van der Waals surface area contributed by atoms with E-state index in [2.05, 4.69) is 5.10 Å². The van der Waals surface area contributed by atoms with E-state index >= 15 is 0 Å². The summed E-state index contributed by atoms with van der Waals surface area (Å²) >= 11 is 11.9. The van der Waals surface area contributed by atoms with Gasteiger partial charge in [0.05, 0.1) is 17.4 Å². The Bertz CT molecular complexity index is 650. The minimum Gasteiger partial charge on any atom is -0.325 e. The third kappa shape index (κ3) is 3.05. The van der Waals surface area contributed by atoms with Gasteiger partial charge in [-0.2, -0.15) is 5.10 Å². The monoisotopic (exact) mass is 319 g/mol. The molecule has 0 saturated carbocycles. The van der Waals surface area contributed by atoms with Gasteiger partial charge in [-0.15, -0.1) is 0 Å². The summed E-state index contributed by atoms with van der Waals surface area (Å²) in [5.74, 6) is 0. The van der Waals surface area contributed by atoms with Crippen molar-refractivity contribution in [2.45, 2.75) is 12.5 Å². The van der Waals surface area contributed by atoms with Gasteiger partial charge in [0.15, 0.2) is 0 Å². The van der Waals surface area contributed by atoms with Crippen LogP contribution in [0.1, 0.15) is 18.0 Å². The van der Waals surface area contributed by atoms with E-state index in [1.165, 1.54) is 5.56 Å². The largest absolute Gasteiger partial charge is 0.325 e. The van der Waals surface area contributed by atoms with E-state index in [0.717, 1.165) is 22.8 Å². The molecule has 0 radical (unpaired) electrons. The molecule has 2 aromatic carbocycles. The normalized spacial score (nSPS) is 18.0. The first-order valence-electron chi connectivity index (χ1n) is 6.74. The first-order chi connectivity index (χ1) is 10.2. The molecule has 21 heavy (non-hydrogen) atoms. The minimum atomic E-state index is 0.141. The Morgan fingerprint density at radius 3 is 2.14 bits per heavy atom. The molecule has 0 aromatic heterocycles. The van der Waals surface area contributed by atoms with E-state index < -0.39 is 0 Å². The van der Waals surface area contributed by atoms with Crippen LogP contribution < -0.4 is 10.7 Å². The minimum absolute atomic E-state index is 0.141. The fourth-order valence-electron chi connectivity index (χ4n) is 2.47. The van der Waals surface area contributed by atoms with Crippen LogP contribution in [0.5, 0.6) is 0 Å². The Balaban J connectivity index is 1.95. The smallest absolute Gasteiger partial charge is 0.0828 e. The Morgan fingerprint density at radius 2 is 1.57 bits per heavy atom. The molecule has 0 spiro atoms. The molecule has 0 bridgehead atoms. The highest BCUT2D eigenvalue weighted by Crippen LogP contribution is 2.35. The Hall–Kier alpha value is -1.55. The fraction of sp³-hybridized carbons (Fsp3) is 0.188. The lowest BCUT2D eigenvalue weighted by Crippen LogP contribution is -2.18. The number of anilines is 1. The van der Waals surface area contributed by atoms with E-state index in [4.69, 9.17) is 28.9 Å². The van der Waals surface area contributed by atoms with Crippen molar-refractivity contribution < 1.29 is 0 Å². The van der Waals surface area contributed by atoms with Crippen LogP contribution in [-0.2, 0) is 0 Å². The first kappa shape index (κ1) is 14.4. The standard InChI is InChI=1S/C16H15Cl2N3/c17-12-3-1-11(2-4-12)16-9-14(10-19)20-21(16)15-7-5-13(18)6-8-15/h1-8,16H,9-10,19H2. The van der Waals surface area contributed by atoms with Crippen LogP contribution in [-0.4, -0.2) is 12.3 Å². The molecule has 0 fully saturated rings. The number of benzene rings is 2. The van der Waals surface area contributed by atoms with Gasteiger partial charge in [0.2, 0.25) is 0 Å². The summed E-state index contributed by atoms with van der Waals surface area (Å²) in [6, 6.07) is 15.7. The van der Waals surface area contributed by atoms with Crippen LogP contribution in [0, 0.1) is 0 Å². The van der Waals surface area contributed by atoms with E-state index in [1.807, 2.05) is 53.5 Å². The molecule has 2 N–H and O–H groups in total. The summed E-state index contributed by atoms with van der Waals surface area (Å²) < 4.78 is 0. The molecular formula is C16H15Cl2N3. The molecule has 2 aromatic rings. The number of hydrogen-bond donors (Lipinski definition) is 1. The average molecular weight is 320 g/mol. The Morgan fingerprint density at radius 1 is 1.00 bits per heavy atom. The van der Waals surface area contributed by atoms with Crippen LogP contribution in [0.25, 0.3) is 0 Å². The summed E-state index contributed by atoms with van der Waals surface area (Å²) in [6.45, 7) is 0.466. The van der Waals surface area contributed by atoms with E-state index in [9.17, 15) is 0 Å². The van der Waals surface area contributed by atoms with Crippen LogP contribution in [0.4, 0.5) is 5.69 Å². The number of nitrogens with zero attached hydrogens (tertiary/aromatic N) is 2. The zero-order valence-electron chi connectivity index (χ0n) is 11.3. The summed E-state index contributed by atoms with van der Waals surface area (Å²) in [4.78, 5) is 0. The van der Waals surface area contributed by atoms with Crippen molar-refractivity contribution >= 4 is 34.6 Å². The van der Waals surface area contributed by atoms with Crippen LogP contribution >= 0.6 is 23.2 Å². The van der Waals surface area contributed by atoms with Crippen molar-refractivity contribution in [3.63, 3.8) is 0 Å². The van der Waals surface area contributed by atoms with Gasteiger partial charge >= 0.3 is 0 Å². The Kier molecular flexibility index (Phi) is 4.15. The Labute approximate surface area is 134 Å². The fourth-order valence-corrected chi connectivity index (χ4v) is 2.72. The molecule has 108 valence electrons. The van der Waals surface area contributed by atoms with E-state index in [1.54, 1.807) is 0 Å². The maximum absolute atomic E-state index is 5.97. The lowest BCUT2D eigenvalue weighted by Gasteiger charge is -2.24. The third-order valence-corrected chi connectivity index (χ3v) is 4.06.